The predicted octanol–water partition coefficient (Wildman–Crippen LogP) is 2.25. The van der Waals surface area contributed by atoms with Crippen LogP contribution in [-0.2, 0) is 18.8 Å². The van der Waals surface area contributed by atoms with E-state index in [9.17, 15) is 4.79 Å². The minimum atomic E-state index is -0.454. The van der Waals surface area contributed by atoms with Gasteiger partial charge < -0.3 is 18.9 Å². The zero-order chi connectivity index (χ0) is 17.7. The average Bonchev–Trinajstić information content (AvgIpc) is 2.65. The summed E-state index contributed by atoms with van der Waals surface area (Å²) in [6, 6.07) is 5.77. The quantitative estimate of drug-likeness (QED) is 0.617. The molecule has 1 aromatic carbocycles. The fraction of sp³-hybridized carbons (Fsp3) is 0.588. The van der Waals surface area contributed by atoms with Gasteiger partial charge in [0.2, 0.25) is 0 Å². The standard InChI is InChI=1S/C17H23BClNO4/c1-16(2)17(3,4)24-18(23-16)12-6-13(19)8-14(7-12)20-9-11(10-20)15(21)22-5/h6-8,11H,9-10H2,1-5H3. The number of carbonyl (C=O) groups excluding carboxylic acids is 1. The number of rotatable bonds is 3. The first-order valence-electron chi connectivity index (χ1n) is 8.12. The van der Waals surface area contributed by atoms with Crippen LogP contribution in [0.3, 0.4) is 0 Å². The lowest BCUT2D eigenvalue weighted by Crippen LogP contribution is -2.51. The average molecular weight is 352 g/mol. The summed E-state index contributed by atoms with van der Waals surface area (Å²) in [6.45, 7) is 9.36. The van der Waals surface area contributed by atoms with Crippen LogP contribution in [0.4, 0.5) is 5.69 Å². The Bertz CT molecular complexity index is 642. The molecule has 0 bridgehead atoms. The van der Waals surface area contributed by atoms with Gasteiger partial charge in [-0.25, -0.2) is 0 Å². The summed E-state index contributed by atoms with van der Waals surface area (Å²) in [5.41, 5.74) is 1.06. The first-order valence-corrected chi connectivity index (χ1v) is 8.50. The number of anilines is 1. The van der Waals surface area contributed by atoms with E-state index in [4.69, 9.17) is 25.6 Å². The molecule has 2 aliphatic heterocycles. The molecule has 0 N–H and O–H groups in total. The second kappa shape index (κ2) is 5.93. The molecule has 0 radical (unpaired) electrons. The highest BCUT2D eigenvalue weighted by molar-refractivity contribution is 6.62. The second-order valence-electron chi connectivity index (χ2n) is 7.46. The summed E-state index contributed by atoms with van der Waals surface area (Å²) >= 11 is 6.29. The Labute approximate surface area is 148 Å². The molecule has 2 heterocycles. The highest BCUT2D eigenvalue weighted by Crippen LogP contribution is 2.37. The van der Waals surface area contributed by atoms with Crippen molar-refractivity contribution in [3.8, 4) is 0 Å². The van der Waals surface area contributed by atoms with Gasteiger partial charge in [0.15, 0.2) is 0 Å². The van der Waals surface area contributed by atoms with Crippen LogP contribution in [0.1, 0.15) is 27.7 Å². The lowest BCUT2D eigenvalue weighted by Gasteiger charge is -2.39. The van der Waals surface area contributed by atoms with Gasteiger partial charge in [-0.1, -0.05) is 11.6 Å². The molecule has 5 nitrogen and oxygen atoms in total. The molecule has 7 heteroatoms. The lowest BCUT2D eigenvalue weighted by molar-refractivity contribution is -0.146. The maximum atomic E-state index is 11.5. The first kappa shape index (κ1) is 17.6. The van der Waals surface area contributed by atoms with Crippen molar-refractivity contribution >= 4 is 35.8 Å². The molecule has 0 spiro atoms. The summed E-state index contributed by atoms with van der Waals surface area (Å²) < 4.78 is 17.0. The smallest absolute Gasteiger partial charge is 0.469 e. The van der Waals surface area contributed by atoms with E-state index in [1.165, 1.54) is 7.11 Å². The molecule has 130 valence electrons. The zero-order valence-corrected chi connectivity index (χ0v) is 15.5. The number of hydrogen-bond acceptors (Lipinski definition) is 5. The predicted molar refractivity (Wildman–Crippen MR) is 94.9 cm³/mol. The minimum absolute atomic E-state index is 0.0747. The van der Waals surface area contributed by atoms with Crippen molar-refractivity contribution in [2.75, 3.05) is 25.1 Å². The third-order valence-corrected chi connectivity index (χ3v) is 5.43. The molecular formula is C17H23BClNO4. The van der Waals surface area contributed by atoms with Crippen LogP contribution in [0, 0.1) is 5.92 Å². The van der Waals surface area contributed by atoms with E-state index < -0.39 is 18.3 Å². The third-order valence-electron chi connectivity index (χ3n) is 5.21. The van der Waals surface area contributed by atoms with Crippen molar-refractivity contribution in [2.45, 2.75) is 38.9 Å². The molecule has 0 amide bonds. The molecule has 0 aromatic heterocycles. The van der Waals surface area contributed by atoms with Crippen LogP contribution < -0.4 is 10.4 Å². The van der Waals surface area contributed by atoms with Crippen molar-refractivity contribution in [2.24, 2.45) is 5.92 Å². The largest absolute Gasteiger partial charge is 0.494 e. The van der Waals surface area contributed by atoms with Crippen LogP contribution >= 0.6 is 11.6 Å². The monoisotopic (exact) mass is 351 g/mol. The second-order valence-corrected chi connectivity index (χ2v) is 7.89. The Morgan fingerprint density at radius 1 is 1.21 bits per heavy atom. The van der Waals surface area contributed by atoms with Gasteiger partial charge in [0, 0.05) is 23.8 Å². The number of benzene rings is 1. The van der Waals surface area contributed by atoms with Crippen molar-refractivity contribution < 1.29 is 18.8 Å². The molecule has 2 aliphatic rings. The number of esters is 1. The number of halogens is 1. The van der Waals surface area contributed by atoms with Crippen LogP contribution in [0.5, 0.6) is 0 Å². The van der Waals surface area contributed by atoms with E-state index in [1.54, 1.807) is 0 Å². The van der Waals surface area contributed by atoms with Gasteiger partial charge in [0.1, 0.15) is 0 Å². The van der Waals surface area contributed by atoms with Crippen molar-refractivity contribution in [1.82, 2.24) is 0 Å². The Morgan fingerprint density at radius 3 is 2.33 bits per heavy atom. The SMILES string of the molecule is COC(=O)C1CN(c2cc(Cl)cc(B3OC(C)(C)C(C)(C)O3)c2)C1. The molecule has 0 atom stereocenters. The van der Waals surface area contributed by atoms with Gasteiger partial charge in [-0.2, -0.15) is 0 Å². The summed E-state index contributed by atoms with van der Waals surface area (Å²) in [6.07, 6.45) is 0. The molecule has 0 unspecified atom stereocenters. The molecule has 2 saturated heterocycles. The van der Waals surface area contributed by atoms with Gasteiger partial charge in [0.25, 0.3) is 0 Å². The Balaban J connectivity index is 1.78. The number of hydrogen-bond donors (Lipinski definition) is 0. The van der Waals surface area contributed by atoms with E-state index in [0.717, 1.165) is 11.2 Å². The number of methoxy groups -OCH3 is 1. The molecular weight excluding hydrogens is 328 g/mol. The van der Waals surface area contributed by atoms with Gasteiger partial charge in [-0.15, -0.1) is 0 Å². The van der Waals surface area contributed by atoms with E-state index in [2.05, 4.69) is 4.90 Å². The zero-order valence-electron chi connectivity index (χ0n) is 14.8. The topological polar surface area (TPSA) is 48.0 Å². The van der Waals surface area contributed by atoms with E-state index in [1.807, 2.05) is 45.9 Å². The summed E-state index contributed by atoms with van der Waals surface area (Å²) in [5, 5.41) is 0.624. The number of carbonyl (C=O) groups is 1. The summed E-state index contributed by atoms with van der Waals surface area (Å²) in [5.74, 6) is -0.242. The van der Waals surface area contributed by atoms with Gasteiger partial charge >= 0.3 is 13.1 Å². The third kappa shape index (κ3) is 3.03. The van der Waals surface area contributed by atoms with Gasteiger partial charge in [0.05, 0.1) is 24.2 Å². The Hall–Kier alpha value is -1.24. The molecule has 24 heavy (non-hydrogen) atoms. The highest BCUT2D eigenvalue weighted by atomic mass is 35.5. The molecule has 0 aliphatic carbocycles. The van der Waals surface area contributed by atoms with Crippen molar-refractivity contribution in [3.63, 3.8) is 0 Å². The highest BCUT2D eigenvalue weighted by Gasteiger charge is 2.51. The fourth-order valence-corrected chi connectivity index (χ4v) is 3.14. The summed E-state index contributed by atoms with van der Waals surface area (Å²) in [4.78, 5) is 13.6. The Kier molecular flexibility index (Phi) is 4.35. The molecule has 0 saturated carbocycles. The first-order chi connectivity index (χ1) is 11.1. The summed E-state index contributed by atoms with van der Waals surface area (Å²) in [7, 11) is 0.964. The number of ether oxygens (including phenoxy) is 1. The molecule has 2 fully saturated rings. The van der Waals surface area contributed by atoms with Crippen LogP contribution in [0.2, 0.25) is 5.02 Å². The molecule has 3 rings (SSSR count). The van der Waals surface area contributed by atoms with Gasteiger partial charge in [-0.3, -0.25) is 4.79 Å². The maximum Gasteiger partial charge on any atom is 0.494 e. The van der Waals surface area contributed by atoms with Crippen molar-refractivity contribution in [3.05, 3.63) is 23.2 Å². The minimum Gasteiger partial charge on any atom is -0.469 e. The fourth-order valence-electron chi connectivity index (χ4n) is 2.90. The van der Waals surface area contributed by atoms with E-state index in [-0.39, 0.29) is 11.9 Å². The lowest BCUT2D eigenvalue weighted by atomic mass is 9.78. The Morgan fingerprint density at radius 2 is 1.79 bits per heavy atom. The van der Waals surface area contributed by atoms with E-state index in [0.29, 0.717) is 18.1 Å². The normalized spacial score (nSPS) is 22.4. The van der Waals surface area contributed by atoms with Crippen LogP contribution in [0.15, 0.2) is 18.2 Å². The van der Waals surface area contributed by atoms with E-state index >= 15 is 0 Å². The number of nitrogens with zero attached hydrogens (tertiary/aromatic N) is 1. The van der Waals surface area contributed by atoms with Crippen LogP contribution in [0.25, 0.3) is 0 Å². The van der Waals surface area contributed by atoms with Gasteiger partial charge in [-0.05, 0) is 51.4 Å². The maximum absolute atomic E-state index is 11.5. The van der Waals surface area contributed by atoms with Crippen LogP contribution in [-0.4, -0.2) is 44.5 Å². The van der Waals surface area contributed by atoms with Crippen molar-refractivity contribution in [1.29, 1.82) is 0 Å². The molecule has 1 aromatic rings.